The molecule has 0 aromatic heterocycles. The van der Waals surface area contributed by atoms with Crippen molar-refractivity contribution in [1.82, 2.24) is 0 Å². The number of fused-ring (bicyclic) bond motifs is 7. The lowest BCUT2D eigenvalue weighted by Gasteiger charge is -2.66. The third kappa shape index (κ3) is 9.09. The van der Waals surface area contributed by atoms with Gasteiger partial charge in [-0.3, -0.25) is 0 Å². The van der Waals surface area contributed by atoms with Crippen LogP contribution in [0.1, 0.15) is 79.1 Å². The van der Waals surface area contributed by atoms with Crippen LogP contribution in [0.25, 0.3) is 0 Å². The quantitative estimate of drug-likeness (QED) is 0.0916. The molecule has 6 saturated heterocycles. The SMILES string of the molecule is CC1CC[C@@]2(OC1)OC1CC3C4C[C@@H](O)[C@@]5(O)CC(O[C@H]6OC(CO)[C@H](O[C@@H]7OC[C@@H](O)C(O[C@@H]8OC[C@@H](O)C(O)C8O)C7OC7OC(CO)C(O)C(O)C7O)C(O)C6O)[C@H](O)C[C@]5(C)C4CC[C@]3(C)C1[C@@H]2C. The third-order valence-electron chi connectivity index (χ3n) is 19.8. The molecule has 4 saturated carbocycles. The van der Waals surface area contributed by atoms with Crippen LogP contribution in [-0.4, -0.2) is 251 Å². The molecule has 14 N–H and O–H groups in total. The Morgan fingerprint density at radius 3 is 1.89 bits per heavy atom. The summed E-state index contributed by atoms with van der Waals surface area (Å²) in [6, 6.07) is 0. The van der Waals surface area contributed by atoms with Gasteiger partial charge in [0.15, 0.2) is 30.9 Å². The predicted molar refractivity (Wildman–Crippen MR) is 240 cm³/mol. The highest BCUT2D eigenvalue weighted by Gasteiger charge is 2.73. The van der Waals surface area contributed by atoms with Gasteiger partial charge in [0.2, 0.25) is 0 Å². The Morgan fingerprint density at radius 1 is 0.562 bits per heavy atom. The van der Waals surface area contributed by atoms with Crippen molar-refractivity contribution in [3.8, 4) is 0 Å². The monoisotopic (exact) mass is 1050 g/mol. The number of hydrogen-bond acceptors (Lipinski definition) is 24. The van der Waals surface area contributed by atoms with E-state index in [1.807, 2.05) is 6.92 Å². The first-order valence-electron chi connectivity index (χ1n) is 26.4. The molecule has 0 aromatic carbocycles. The van der Waals surface area contributed by atoms with Gasteiger partial charge in [0, 0.05) is 24.2 Å². The molecule has 73 heavy (non-hydrogen) atoms. The molecule has 10 rings (SSSR count). The van der Waals surface area contributed by atoms with Crippen molar-refractivity contribution in [2.45, 2.75) is 225 Å². The van der Waals surface area contributed by atoms with E-state index in [-0.39, 0.29) is 54.0 Å². The van der Waals surface area contributed by atoms with Crippen molar-refractivity contribution in [3.05, 3.63) is 0 Å². The molecule has 0 amide bonds. The maximum absolute atomic E-state index is 12.8. The fraction of sp³-hybridized carbons (Fsp3) is 1.00. The molecule has 19 unspecified atom stereocenters. The summed E-state index contributed by atoms with van der Waals surface area (Å²) in [5.41, 5.74) is -2.77. The molecule has 24 heteroatoms. The van der Waals surface area contributed by atoms with E-state index in [0.717, 1.165) is 32.1 Å². The summed E-state index contributed by atoms with van der Waals surface area (Å²) in [6.07, 6.45) is -30.9. The van der Waals surface area contributed by atoms with E-state index in [2.05, 4.69) is 20.8 Å². The summed E-state index contributed by atoms with van der Waals surface area (Å²) >= 11 is 0. The van der Waals surface area contributed by atoms with E-state index in [9.17, 15) is 71.5 Å². The Labute approximate surface area is 422 Å². The molecule has 4 aliphatic carbocycles. The van der Waals surface area contributed by atoms with Crippen LogP contribution >= 0.6 is 0 Å². The average molecular weight is 1050 g/mol. The first-order valence-corrected chi connectivity index (χ1v) is 26.4. The largest absolute Gasteiger partial charge is 0.394 e. The van der Waals surface area contributed by atoms with E-state index in [1.54, 1.807) is 0 Å². The molecular weight excluding hydrogens is 973 g/mol. The number of aliphatic hydroxyl groups excluding tert-OH is 13. The van der Waals surface area contributed by atoms with E-state index in [0.29, 0.717) is 18.9 Å². The molecule has 24 nitrogen and oxygen atoms in total. The van der Waals surface area contributed by atoms with Crippen LogP contribution in [0, 0.1) is 46.3 Å². The zero-order valence-corrected chi connectivity index (χ0v) is 41.7. The van der Waals surface area contributed by atoms with Gasteiger partial charge in [0.1, 0.15) is 85.5 Å². The fourth-order valence-electron chi connectivity index (χ4n) is 15.7. The molecule has 420 valence electrons. The summed E-state index contributed by atoms with van der Waals surface area (Å²) < 4.78 is 60.4. The van der Waals surface area contributed by atoms with Gasteiger partial charge >= 0.3 is 0 Å². The van der Waals surface area contributed by atoms with E-state index in [4.69, 9.17) is 47.4 Å². The third-order valence-corrected chi connectivity index (χ3v) is 19.8. The van der Waals surface area contributed by atoms with Crippen LogP contribution in [0.4, 0.5) is 0 Å². The van der Waals surface area contributed by atoms with Crippen molar-refractivity contribution in [2.75, 3.05) is 33.0 Å². The van der Waals surface area contributed by atoms with Gasteiger partial charge < -0.3 is 119 Å². The zero-order chi connectivity index (χ0) is 52.4. The lowest BCUT2D eigenvalue weighted by molar-refractivity contribution is -0.395. The summed E-state index contributed by atoms with van der Waals surface area (Å²) in [7, 11) is 0. The molecule has 1 spiro atoms. The highest BCUT2D eigenvalue weighted by molar-refractivity contribution is 5.21. The van der Waals surface area contributed by atoms with Crippen molar-refractivity contribution >= 4 is 0 Å². The number of hydrogen-bond donors (Lipinski definition) is 14. The van der Waals surface area contributed by atoms with Crippen molar-refractivity contribution in [2.24, 2.45) is 46.3 Å². The van der Waals surface area contributed by atoms with Crippen LogP contribution in [0.2, 0.25) is 0 Å². The second kappa shape index (κ2) is 20.6. The van der Waals surface area contributed by atoms with Crippen molar-refractivity contribution in [3.63, 3.8) is 0 Å². The molecule has 6 heterocycles. The molecule has 0 radical (unpaired) electrons. The molecule has 0 aromatic rings. The highest BCUT2D eigenvalue weighted by Crippen LogP contribution is 2.72. The second-order valence-electron chi connectivity index (χ2n) is 23.9. The summed E-state index contributed by atoms with van der Waals surface area (Å²) in [5.74, 6) is 0.581. The van der Waals surface area contributed by atoms with Crippen LogP contribution < -0.4 is 0 Å². The maximum Gasteiger partial charge on any atom is 0.187 e. The van der Waals surface area contributed by atoms with Crippen LogP contribution in [-0.2, 0) is 47.4 Å². The molecular formula is C49H80O24. The van der Waals surface area contributed by atoms with Gasteiger partial charge in [-0.2, -0.15) is 0 Å². The summed E-state index contributed by atoms with van der Waals surface area (Å²) in [4.78, 5) is 0. The van der Waals surface area contributed by atoms with Gasteiger partial charge in [0.05, 0.1) is 63.1 Å². The molecule has 0 bridgehead atoms. The number of aliphatic hydroxyl groups is 14. The smallest absolute Gasteiger partial charge is 0.187 e. The Balaban J connectivity index is 0.830. The standard InChI is InChI=1S/C49H80O24/c1-18-5-8-49(66-15-18)19(2)31-26(73-49)10-22-20-9-30(55)48(63)12-27(23(52)11-47(48,4)21(20)6-7-46(22,31)3)67-43-38(62)35(59)40(29(14-51)69-43)71-45-41(72-44-37(61)34(58)33(57)28(13-50)68-44)39(25(54)17-65-45)70-42-36(60)32(56)24(53)16-64-42/h18-45,50-63H,5-17H2,1-4H3/t18?,19-,20?,21?,22?,23+,24+,25+,26?,27?,28?,29?,30+,31?,32?,33?,34?,35?,36?,37?,38?,39?,40-,41?,42-,43-,44?,45-,46-,47+,48-,49+/m0/s1. The first-order chi connectivity index (χ1) is 34.5. The Morgan fingerprint density at radius 2 is 1.19 bits per heavy atom. The molecule has 6 aliphatic heterocycles. The van der Waals surface area contributed by atoms with Crippen LogP contribution in [0.5, 0.6) is 0 Å². The van der Waals surface area contributed by atoms with Crippen LogP contribution in [0.3, 0.4) is 0 Å². The summed E-state index contributed by atoms with van der Waals surface area (Å²) in [6.45, 7) is 6.62. The van der Waals surface area contributed by atoms with Crippen LogP contribution in [0.15, 0.2) is 0 Å². The Hall–Kier alpha value is -0.960. The first kappa shape index (κ1) is 55.4. The predicted octanol–water partition coefficient (Wildman–Crippen LogP) is -4.57. The lowest BCUT2D eigenvalue weighted by atomic mass is 9.42. The van der Waals surface area contributed by atoms with E-state index >= 15 is 0 Å². The highest BCUT2D eigenvalue weighted by atomic mass is 16.8. The maximum atomic E-state index is 12.8. The number of rotatable bonds is 10. The van der Waals surface area contributed by atoms with Crippen molar-refractivity contribution < 1.29 is 119 Å². The fourth-order valence-corrected chi connectivity index (χ4v) is 15.7. The van der Waals surface area contributed by atoms with Gasteiger partial charge in [-0.1, -0.05) is 27.7 Å². The summed E-state index contributed by atoms with van der Waals surface area (Å²) in [5, 5.41) is 155. The Kier molecular flexibility index (Phi) is 15.6. The Bertz CT molecular complexity index is 1900. The van der Waals surface area contributed by atoms with Gasteiger partial charge in [-0.05, 0) is 73.5 Å². The van der Waals surface area contributed by atoms with E-state index in [1.165, 1.54) is 0 Å². The van der Waals surface area contributed by atoms with Gasteiger partial charge in [-0.25, -0.2) is 0 Å². The number of ether oxygens (including phenoxy) is 10. The normalized spacial score (nSPS) is 59.3. The lowest BCUT2D eigenvalue weighted by Crippen LogP contribution is -2.71. The molecule has 10 fully saturated rings. The molecule has 10 aliphatic rings. The van der Waals surface area contributed by atoms with Gasteiger partial charge in [-0.15, -0.1) is 0 Å². The minimum Gasteiger partial charge on any atom is -0.394 e. The zero-order valence-electron chi connectivity index (χ0n) is 41.7. The van der Waals surface area contributed by atoms with Gasteiger partial charge in [0.25, 0.3) is 0 Å². The topological polar surface area (TPSA) is 376 Å². The minimum atomic E-state index is -2.00. The minimum absolute atomic E-state index is 0.0201. The average Bonchev–Trinajstić information content (AvgIpc) is 3.81. The van der Waals surface area contributed by atoms with E-state index < -0.39 is 172 Å². The molecule has 32 atom stereocenters. The second-order valence-corrected chi connectivity index (χ2v) is 23.9. The van der Waals surface area contributed by atoms with Crippen molar-refractivity contribution in [1.29, 1.82) is 0 Å².